The molecule has 0 saturated heterocycles. The van der Waals surface area contributed by atoms with Crippen LogP contribution in [0.4, 0.5) is 17.1 Å². The Hall–Kier alpha value is -3.00. The number of nitrogens with zero attached hydrogens (tertiary/aromatic N) is 3. The average Bonchev–Trinajstić information content (AvgIpc) is 2.53. The Labute approximate surface area is 141 Å². The number of carboxylic acid groups (broad SMARTS) is 1. The summed E-state index contributed by atoms with van der Waals surface area (Å²) in [5.74, 6) is -1.11. The van der Waals surface area contributed by atoms with Crippen LogP contribution < -0.4 is 0 Å². The predicted octanol–water partition coefficient (Wildman–Crippen LogP) is 4.39. The molecule has 0 amide bonds. The molecule has 0 aliphatic rings. The summed E-state index contributed by atoms with van der Waals surface area (Å²) >= 11 is 5.72. The van der Waals surface area contributed by atoms with Crippen LogP contribution in [0.5, 0.6) is 5.75 Å². The Morgan fingerprint density at radius 1 is 1.17 bits per heavy atom. The fourth-order valence-corrected chi connectivity index (χ4v) is 2.06. The first-order valence-corrected chi connectivity index (χ1v) is 7.14. The maximum Gasteiger partial charge on any atom is 0.303 e. The van der Waals surface area contributed by atoms with E-state index in [4.69, 9.17) is 16.7 Å². The van der Waals surface area contributed by atoms with Gasteiger partial charge in [-0.1, -0.05) is 17.7 Å². The van der Waals surface area contributed by atoms with E-state index in [2.05, 4.69) is 10.2 Å². The molecule has 124 valence electrons. The highest BCUT2D eigenvalue weighted by Gasteiger charge is 2.14. The predicted molar refractivity (Wildman–Crippen MR) is 86.3 cm³/mol. The quantitative estimate of drug-likeness (QED) is 0.454. The first-order valence-electron chi connectivity index (χ1n) is 6.76. The highest BCUT2D eigenvalue weighted by molar-refractivity contribution is 6.30. The van der Waals surface area contributed by atoms with Crippen LogP contribution in [0.1, 0.15) is 12.0 Å². The van der Waals surface area contributed by atoms with Gasteiger partial charge in [-0.3, -0.25) is 14.9 Å². The number of aromatic hydroxyl groups is 1. The fraction of sp³-hybridized carbons (Fsp3) is 0.133. The molecule has 0 aliphatic carbocycles. The lowest BCUT2D eigenvalue weighted by molar-refractivity contribution is -0.384. The number of carboxylic acids is 1. The Kier molecular flexibility index (Phi) is 5.43. The van der Waals surface area contributed by atoms with E-state index in [1.165, 1.54) is 24.3 Å². The number of aryl methyl sites for hydroxylation is 1. The van der Waals surface area contributed by atoms with Crippen molar-refractivity contribution in [2.75, 3.05) is 0 Å². The number of hydrogen-bond acceptors (Lipinski definition) is 6. The van der Waals surface area contributed by atoms with E-state index in [1.54, 1.807) is 6.07 Å². The standard InChI is InChI=1S/C15H12ClN3O5/c16-10-3-4-11(13(8-10)19(23)24)17-18-12-7-9(1-5-14(12)20)2-6-15(21)22/h1,3-5,7-8,20H,2,6H2,(H,21,22)/b18-17+. The van der Waals surface area contributed by atoms with Crippen LogP contribution in [0.15, 0.2) is 46.6 Å². The van der Waals surface area contributed by atoms with Crippen molar-refractivity contribution in [1.29, 1.82) is 0 Å². The van der Waals surface area contributed by atoms with Gasteiger partial charge in [0.15, 0.2) is 5.69 Å². The van der Waals surface area contributed by atoms with E-state index >= 15 is 0 Å². The topological polar surface area (TPSA) is 125 Å². The normalized spacial score (nSPS) is 10.9. The summed E-state index contributed by atoms with van der Waals surface area (Å²) in [6.07, 6.45) is 0.198. The Balaban J connectivity index is 2.30. The van der Waals surface area contributed by atoms with Crippen LogP contribution in [0.25, 0.3) is 0 Å². The molecular formula is C15H12ClN3O5. The summed E-state index contributed by atoms with van der Waals surface area (Å²) in [6, 6.07) is 8.34. The van der Waals surface area contributed by atoms with Crippen molar-refractivity contribution in [1.82, 2.24) is 0 Å². The second-order valence-corrected chi connectivity index (χ2v) is 5.24. The Morgan fingerprint density at radius 3 is 2.54 bits per heavy atom. The minimum atomic E-state index is -0.942. The van der Waals surface area contributed by atoms with Gasteiger partial charge in [0.25, 0.3) is 5.69 Å². The molecule has 0 spiro atoms. The van der Waals surface area contributed by atoms with Gasteiger partial charge in [-0.2, -0.15) is 0 Å². The number of phenols is 1. The lowest BCUT2D eigenvalue weighted by Gasteiger charge is -2.03. The fourth-order valence-electron chi connectivity index (χ4n) is 1.89. The first-order chi connectivity index (χ1) is 11.4. The van der Waals surface area contributed by atoms with Crippen molar-refractivity contribution in [2.24, 2.45) is 10.2 Å². The molecule has 0 atom stereocenters. The molecule has 0 aromatic heterocycles. The SMILES string of the molecule is O=C(O)CCc1ccc(O)c(/N=N/c2ccc(Cl)cc2[N+](=O)[O-])c1. The van der Waals surface area contributed by atoms with Gasteiger partial charge in [-0.05, 0) is 36.2 Å². The van der Waals surface area contributed by atoms with Gasteiger partial charge in [-0.15, -0.1) is 10.2 Å². The zero-order valence-corrected chi connectivity index (χ0v) is 13.0. The van der Waals surface area contributed by atoms with Crippen molar-refractivity contribution < 1.29 is 19.9 Å². The third-order valence-electron chi connectivity index (χ3n) is 3.07. The number of nitro benzene ring substituents is 1. The highest BCUT2D eigenvalue weighted by atomic mass is 35.5. The van der Waals surface area contributed by atoms with Crippen molar-refractivity contribution in [3.05, 3.63) is 57.1 Å². The number of azo groups is 1. The molecular weight excluding hydrogens is 338 g/mol. The maximum atomic E-state index is 11.0. The number of hydrogen-bond donors (Lipinski definition) is 2. The van der Waals surface area contributed by atoms with Crippen LogP contribution in [-0.2, 0) is 11.2 Å². The number of phenolic OH excluding ortho intramolecular Hbond substituents is 1. The van der Waals surface area contributed by atoms with Crippen LogP contribution in [-0.4, -0.2) is 21.1 Å². The van der Waals surface area contributed by atoms with Gasteiger partial charge in [0.05, 0.1) is 4.92 Å². The lowest BCUT2D eigenvalue weighted by Crippen LogP contribution is -1.97. The Bertz CT molecular complexity index is 823. The van der Waals surface area contributed by atoms with Crippen LogP contribution >= 0.6 is 11.6 Å². The molecule has 2 rings (SSSR count). The minimum Gasteiger partial charge on any atom is -0.506 e. The van der Waals surface area contributed by atoms with Gasteiger partial charge in [0.1, 0.15) is 11.4 Å². The molecule has 0 radical (unpaired) electrons. The molecule has 2 aromatic rings. The van der Waals surface area contributed by atoms with Gasteiger partial charge in [0.2, 0.25) is 0 Å². The summed E-state index contributed by atoms with van der Waals surface area (Å²) in [6.45, 7) is 0. The molecule has 24 heavy (non-hydrogen) atoms. The number of carbonyl (C=O) groups is 1. The van der Waals surface area contributed by atoms with Gasteiger partial charge in [-0.25, -0.2) is 0 Å². The molecule has 8 nitrogen and oxygen atoms in total. The van der Waals surface area contributed by atoms with Crippen LogP contribution in [0, 0.1) is 10.1 Å². The number of halogens is 1. The zero-order valence-electron chi connectivity index (χ0n) is 12.2. The third kappa shape index (κ3) is 4.50. The smallest absolute Gasteiger partial charge is 0.303 e. The van der Waals surface area contributed by atoms with E-state index in [0.29, 0.717) is 5.56 Å². The third-order valence-corrected chi connectivity index (χ3v) is 3.30. The molecule has 0 aliphatic heterocycles. The van der Waals surface area contributed by atoms with E-state index in [-0.39, 0.29) is 40.7 Å². The largest absolute Gasteiger partial charge is 0.506 e. The summed E-state index contributed by atoms with van der Waals surface area (Å²) in [5.41, 5.74) is 0.407. The van der Waals surface area contributed by atoms with Crippen molar-refractivity contribution in [3.63, 3.8) is 0 Å². The molecule has 0 heterocycles. The van der Waals surface area contributed by atoms with E-state index in [0.717, 1.165) is 6.07 Å². The summed E-state index contributed by atoms with van der Waals surface area (Å²) in [4.78, 5) is 21.0. The van der Waals surface area contributed by atoms with Crippen LogP contribution in [0.3, 0.4) is 0 Å². The van der Waals surface area contributed by atoms with E-state index in [9.17, 15) is 20.0 Å². The molecule has 2 N–H and O–H groups in total. The number of benzene rings is 2. The van der Waals surface area contributed by atoms with Gasteiger partial charge in [0, 0.05) is 17.5 Å². The van der Waals surface area contributed by atoms with Crippen molar-refractivity contribution >= 4 is 34.6 Å². The minimum absolute atomic E-state index is 0.0141. The lowest BCUT2D eigenvalue weighted by atomic mass is 10.1. The second-order valence-electron chi connectivity index (χ2n) is 4.81. The van der Waals surface area contributed by atoms with E-state index in [1.807, 2.05) is 0 Å². The summed E-state index contributed by atoms with van der Waals surface area (Å²) in [5, 5.41) is 37.3. The maximum absolute atomic E-state index is 11.0. The number of rotatable bonds is 6. The summed E-state index contributed by atoms with van der Waals surface area (Å²) in [7, 11) is 0. The second kappa shape index (κ2) is 7.51. The molecule has 0 bridgehead atoms. The first kappa shape index (κ1) is 17.4. The number of nitro groups is 1. The molecule has 0 unspecified atom stereocenters. The zero-order chi connectivity index (χ0) is 17.7. The van der Waals surface area contributed by atoms with Crippen LogP contribution in [0.2, 0.25) is 5.02 Å². The van der Waals surface area contributed by atoms with E-state index < -0.39 is 10.9 Å². The van der Waals surface area contributed by atoms with Crippen molar-refractivity contribution in [2.45, 2.75) is 12.8 Å². The summed E-state index contributed by atoms with van der Waals surface area (Å²) < 4.78 is 0. The average molecular weight is 350 g/mol. The van der Waals surface area contributed by atoms with Gasteiger partial charge >= 0.3 is 5.97 Å². The molecule has 0 saturated carbocycles. The van der Waals surface area contributed by atoms with Crippen molar-refractivity contribution in [3.8, 4) is 5.75 Å². The monoisotopic (exact) mass is 349 g/mol. The van der Waals surface area contributed by atoms with Gasteiger partial charge < -0.3 is 10.2 Å². The molecule has 0 fully saturated rings. The highest BCUT2D eigenvalue weighted by Crippen LogP contribution is 2.34. The Morgan fingerprint density at radius 2 is 1.88 bits per heavy atom. The number of aliphatic carboxylic acids is 1. The molecule has 9 heteroatoms. The molecule has 2 aromatic carbocycles.